The number of benzene rings is 2. The Morgan fingerprint density at radius 3 is 2.33 bits per heavy atom. The second kappa shape index (κ2) is 11.5. The first-order chi connectivity index (χ1) is 14.6. The topological polar surface area (TPSA) is 67.9 Å². The largest absolute Gasteiger partial charge is 0.452 e. The average Bonchev–Trinajstić information content (AvgIpc) is 2.78. The van der Waals surface area contributed by atoms with Crippen LogP contribution in [0.3, 0.4) is 0 Å². The summed E-state index contributed by atoms with van der Waals surface area (Å²) >= 11 is 0. The number of hydrogen-bond acceptors (Lipinski definition) is 5. The van der Waals surface area contributed by atoms with Gasteiger partial charge in [-0.2, -0.15) is 0 Å². The normalized spacial score (nSPS) is 14.3. The van der Waals surface area contributed by atoms with Gasteiger partial charge in [-0.25, -0.2) is 4.79 Å². The lowest BCUT2D eigenvalue weighted by Crippen LogP contribution is -2.35. The lowest BCUT2D eigenvalue weighted by molar-refractivity contribution is -0.119. The van der Waals surface area contributed by atoms with E-state index in [2.05, 4.69) is 17.1 Å². The smallest absolute Gasteiger partial charge is 0.338 e. The summed E-state index contributed by atoms with van der Waals surface area (Å²) in [7, 11) is 0. The Kier molecular flexibility index (Phi) is 8.41. The predicted octanol–water partition coefficient (Wildman–Crippen LogP) is 3.66. The summed E-state index contributed by atoms with van der Waals surface area (Å²) in [5.41, 5.74) is 3.52. The van der Waals surface area contributed by atoms with Crippen molar-refractivity contribution in [2.75, 3.05) is 38.2 Å². The molecule has 1 aliphatic heterocycles. The van der Waals surface area contributed by atoms with E-state index in [0.29, 0.717) is 11.3 Å². The van der Waals surface area contributed by atoms with Crippen LogP contribution in [0.2, 0.25) is 0 Å². The molecule has 6 heteroatoms. The van der Waals surface area contributed by atoms with E-state index in [9.17, 15) is 9.59 Å². The van der Waals surface area contributed by atoms with Gasteiger partial charge in [0, 0.05) is 25.3 Å². The van der Waals surface area contributed by atoms with Crippen LogP contribution in [-0.2, 0) is 27.2 Å². The van der Waals surface area contributed by atoms with Gasteiger partial charge >= 0.3 is 5.97 Å². The molecule has 1 aliphatic rings. The number of carbonyl (C=O) groups is 2. The van der Waals surface area contributed by atoms with E-state index in [1.807, 2.05) is 36.4 Å². The fourth-order valence-electron chi connectivity index (χ4n) is 3.31. The van der Waals surface area contributed by atoms with Gasteiger partial charge in [-0.1, -0.05) is 37.6 Å². The molecule has 1 saturated heterocycles. The minimum atomic E-state index is -0.502. The van der Waals surface area contributed by atoms with E-state index in [1.165, 1.54) is 5.56 Å². The summed E-state index contributed by atoms with van der Waals surface area (Å²) in [5, 5.41) is 2.75. The number of rotatable bonds is 9. The van der Waals surface area contributed by atoms with E-state index in [-0.39, 0.29) is 12.5 Å². The highest BCUT2D eigenvalue weighted by atomic mass is 16.5. The third-order valence-corrected chi connectivity index (χ3v) is 5.09. The van der Waals surface area contributed by atoms with E-state index >= 15 is 0 Å². The average molecular weight is 411 g/mol. The maximum absolute atomic E-state index is 12.2. The SMILES string of the molecule is CCCCc1ccc(NC(=O)COC(=O)c2ccc(CN3CCOCC3)cc2)cc1. The molecule has 160 valence electrons. The number of nitrogens with one attached hydrogen (secondary N) is 1. The Hall–Kier alpha value is -2.70. The number of morpholine rings is 1. The Morgan fingerprint density at radius 2 is 1.67 bits per heavy atom. The first kappa shape index (κ1) is 22.0. The molecule has 1 heterocycles. The van der Waals surface area contributed by atoms with Gasteiger partial charge in [0.15, 0.2) is 6.61 Å². The summed E-state index contributed by atoms with van der Waals surface area (Å²) in [4.78, 5) is 26.6. The zero-order chi connectivity index (χ0) is 21.2. The maximum atomic E-state index is 12.2. The van der Waals surface area contributed by atoms with Crippen molar-refractivity contribution >= 4 is 17.6 Å². The molecule has 0 spiro atoms. The molecule has 2 aromatic rings. The minimum Gasteiger partial charge on any atom is -0.452 e. The number of carbonyl (C=O) groups excluding carboxylic acids is 2. The first-order valence-corrected chi connectivity index (χ1v) is 10.6. The molecule has 1 N–H and O–H groups in total. The van der Waals surface area contributed by atoms with Gasteiger partial charge in [0.1, 0.15) is 0 Å². The number of hydrogen-bond donors (Lipinski definition) is 1. The first-order valence-electron chi connectivity index (χ1n) is 10.6. The van der Waals surface area contributed by atoms with Crippen LogP contribution in [0, 0.1) is 0 Å². The molecule has 0 radical (unpaired) electrons. The standard InChI is InChI=1S/C24H30N2O4/c1-2-3-4-19-7-11-22(12-8-19)25-23(27)18-30-24(28)21-9-5-20(6-10-21)17-26-13-15-29-16-14-26/h5-12H,2-4,13-18H2,1H3,(H,25,27). The van der Waals surface area contributed by atoms with Crippen molar-refractivity contribution in [3.05, 3.63) is 65.2 Å². The third kappa shape index (κ3) is 6.97. The molecule has 1 amide bonds. The van der Waals surface area contributed by atoms with Gasteiger partial charge in [0.2, 0.25) is 0 Å². The zero-order valence-electron chi connectivity index (χ0n) is 17.6. The molecule has 0 unspecified atom stereocenters. The fraction of sp³-hybridized carbons (Fsp3) is 0.417. The molecular weight excluding hydrogens is 380 g/mol. The van der Waals surface area contributed by atoms with E-state index in [1.54, 1.807) is 12.1 Å². The Balaban J connectivity index is 1.42. The van der Waals surface area contributed by atoms with Crippen LogP contribution in [0.25, 0.3) is 0 Å². The van der Waals surface area contributed by atoms with Crippen LogP contribution in [0.15, 0.2) is 48.5 Å². The quantitative estimate of drug-likeness (QED) is 0.639. The number of nitrogens with zero attached hydrogens (tertiary/aromatic N) is 1. The number of ether oxygens (including phenoxy) is 2. The van der Waals surface area contributed by atoms with Crippen LogP contribution in [0.5, 0.6) is 0 Å². The molecular formula is C24H30N2O4. The molecule has 0 atom stereocenters. The van der Waals surface area contributed by atoms with Crippen molar-refractivity contribution in [1.82, 2.24) is 4.90 Å². The summed E-state index contributed by atoms with van der Waals surface area (Å²) < 4.78 is 10.5. The minimum absolute atomic E-state index is 0.314. The van der Waals surface area contributed by atoms with Gasteiger partial charge in [-0.05, 0) is 48.2 Å². The van der Waals surface area contributed by atoms with E-state index in [4.69, 9.17) is 9.47 Å². The lowest BCUT2D eigenvalue weighted by Gasteiger charge is -2.26. The Morgan fingerprint density at radius 1 is 1.00 bits per heavy atom. The predicted molar refractivity (Wildman–Crippen MR) is 117 cm³/mol. The third-order valence-electron chi connectivity index (χ3n) is 5.09. The van der Waals surface area contributed by atoms with Crippen molar-refractivity contribution in [1.29, 1.82) is 0 Å². The fourth-order valence-corrected chi connectivity index (χ4v) is 3.31. The number of anilines is 1. The second-order valence-electron chi connectivity index (χ2n) is 7.51. The number of aryl methyl sites for hydroxylation is 1. The molecule has 6 nitrogen and oxygen atoms in total. The van der Waals surface area contributed by atoms with Crippen molar-refractivity contribution in [3.8, 4) is 0 Å². The molecule has 1 fully saturated rings. The van der Waals surface area contributed by atoms with Crippen molar-refractivity contribution < 1.29 is 19.1 Å². The number of unbranched alkanes of at least 4 members (excludes halogenated alkanes) is 1. The molecule has 0 saturated carbocycles. The second-order valence-corrected chi connectivity index (χ2v) is 7.51. The van der Waals surface area contributed by atoms with Crippen molar-refractivity contribution in [2.45, 2.75) is 32.7 Å². The number of amides is 1. The molecule has 2 aromatic carbocycles. The van der Waals surface area contributed by atoms with Crippen LogP contribution >= 0.6 is 0 Å². The Labute approximate surface area is 178 Å². The summed E-state index contributed by atoms with van der Waals surface area (Å²) in [5.74, 6) is -0.855. The molecule has 30 heavy (non-hydrogen) atoms. The molecule has 0 aromatic heterocycles. The molecule has 3 rings (SSSR count). The monoisotopic (exact) mass is 410 g/mol. The maximum Gasteiger partial charge on any atom is 0.338 e. The number of esters is 1. The summed E-state index contributed by atoms with van der Waals surface area (Å²) in [6.45, 7) is 6.03. The van der Waals surface area contributed by atoms with Gasteiger partial charge in [-0.15, -0.1) is 0 Å². The van der Waals surface area contributed by atoms with Gasteiger partial charge < -0.3 is 14.8 Å². The van der Waals surface area contributed by atoms with E-state index < -0.39 is 5.97 Å². The van der Waals surface area contributed by atoms with Crippen LogP contribution in [0.4, 0.5) is 5.69 Å². The Bertz CT molecular complexity index is 812. The molecule has 0 bridgehead atoms. The molecule has 0 aliphatic carbocycles. The van der Waals surface area contributed by atoms with Crippen LogP contribution in [0.1, 0.15) is 41.3 Å². The highest BCUT2D eigenvalue weighted by molar-refractivity contribution is 5.95. The summed E-state index contributed by atoms with van der Waals surface area (Å²) in [6.07, 6.45) is 3.34. The van der Waals surface area contributed by atoms with Gasteiger partial charge in [-0.3, -0.25) is 9.69 Å². The zero-order valence-corrected chi connectivity index (χ0v) is 17.6. The van der Waals surface area contributed by atoms with Gasteiger partial charge in [0.25, 0.3) is 5.91 Å². The van der Waals surface area contributed by atoms with Crippen LogP contribution < -0.4 is 5.32 Å². The van der Waals surface area contributed by atoms with Crippen molar-refractivity contribution in [2.24, 2.45) is 0 Å². The highest BCUT2D eigenvalue weighted by Gasteiger charge is 2.13. The van der Waals surface area contributed by atoms with Gasteiger partial charge in [0.05, 0.1) is 18.8 Å². The van der Waals surface area contributed by atoms with Crippen molar-refractivity contribution in [3.63, 3.8) is 0 Å². The lowest BCUT2D eigenvalue weighted by atomic mass is 10.1. The summed E-state index contributed by atoms with van der Waals surface area (Å²) in [6, 6.07) is 15.1. The van der Waals surface area contributed by atoms with E-state index in [0.717, 1.165) is 57.7 Å². The highest BCUT2D eigenvalue weighted by Crippen LogP contribution is 2.13. The van der Waals surface area contributed by atoms with Crippen LogP contribution in [-0.4, -0.2) is 49.7 Å².